The summed E-state index contributed by atoms with van der Waals surface area (Å²) in [6.45, 7) is 0. The highest BCUT2D eigenvalue weighted by atomic mass is 15.0. The molecule has 0 aliphatic carbocycles. The number of aromatic nitrogens is 5. The van der Waals surface area contributed by atoms with Crippen LogP contribution in [0.2, 0.25) is 0 Å². The first-order chi connectivity index (χ1) is 24.7. The van der Waals surface area contributed by atoms with Crippen LogP contribution in [0.4, 0.5) is 0 Å². The van der Waals surface area contributed by atoms with Crippen LogP contribution in [0, 0.1) is 11.3 Å². The van der Waals surface area contributed by atoms with Crippen LogP contribution < -0.4 is 0 Å². The molecule has 2 heterocycles. The second-order valence-corrected chi connectivity index (χ2v) is 11.7. The maximum Gasteiger partial charge on any atom is 0.164 e. The quantitative estimate of drug-likeness (QED) is 0.172. The smallest absolute Gasteiger partial charge is 0.164 e. The van der Waals surface area contributed by atoms with Crippen molar-refractivity contribution in [3.05, 3.63) is 175 Å². The third-order valence-corrected chi connectivity index (χ3v) is 8.36. The summed E-state index contributed by atoms with van der Waals surface area (Å²) >= 11 is 0. The molecule has 6 aromatic carbocycles. The van der Waals surface area contributed by atoms with Crippen LogP contribution >= 0.6 is 0 Å². The van der Waals surface area contributed by atoms with E-state index in [0.29, 0.717) is 40.1 Å². The minimum Gasteiger partial charge on any atom is -0.228 e. The molecule has 0 amide bonds. The molecule has 0 aliphatic heterocycles. The Morgan fingerprint density at radius 3 is 1.14 bits per heavy atom. The average Bonchev–Trinajstić information content (AvgIpc) is 3.21. The van der Waals surface area contributed by atoms with Crippen LogP contribution in [0.25, 0.3) is 79.2 Å². The molecule has 0 saturated heterocycles. The van der Waals surface area contributed by atoms with Gasteiger partial charge in [-0.2, -0.15) is 5.26 Å². The standard InChI is InChI=1S/C44H28N6/c45-29-30-25-37(27-38(26-30)44-49-42(35-17-9-3-10-18-35)48-43(50-44)36-19-11-4-12-20-36)40-28-39(46-41(47-40)34-15-7-2-8-16-34)33-23-21-32(22-24-33)31-13-5-1-6-14-31/h1-28H. The van der Waals surface area contributed by atoms with Crippen molar-refractivity contribution in [1.82, 2.24) is 24.9 Å². The molecule has 6 heteroatoms. The number of nitrogens with zero attached hydrogens (tertiary/aromatic N) is 6. The molecule has 8 aromatic rings. The normalized spacial score (nSPS) is 10.8. The fourth-order valence-electron chi connectivity index (χ4n) is 5.83. The Kier molecular flexibility index (Phi) is 8.20. The maximum atomic E-state index is 10.2. The minimum absolute atomic E-state index is 0.463. The van der Waals surface area contributed by atoms with E-state index in [4.69, 9.17) is 24.9 Å². The first-order valence-electron chi connectivity index (χ1n) is 16.2. The Morgan fingerprint density at radius 2 is 0.660 bits per heavy atom. The summed E-state index contributed by atoms with van der Waals surface area (Å²) in [6.07, 6.45) is 0. The summed E-state index contributed by atoms with van der Waals surface area (Å²) in [7, 11) is 0. The van der Waals surface area contributed by atoms with Crippen LogP contribution in [0.5, 0.6) is 0 Å². The highest BCUT2D eigenvalue weighted by molar-refractivity contribution is 5.77. The van der Waals surface area contributed by atoms with Gasteiger partial charge in [-0.25, -0.2) is 24.9 Å². The van der Waals surface area contributed by atoms with Crippen molar-refractivity contribution in [2.75, 3.05) is 0 Å². The average molecular weight is 641 g/mol. The van der Waals surface area contributed by atoms with E-state index in [2.05, 4.69) is 42.5 Å². The van der Waals surface area contributed by atoms with Gasteiger partial charge in [0.2, 0.25) is 0 Å². The van der Waals surface area contributed by atoms with Gasteiger partial charge in [0, 0.05) is 33.4 Å². The van der Waals surface area contributed by atoms with E-state index >= 15 is 0 Å². The zero-order valence-electron chi connectivity index (χ0n) is 26.8. The van der Waals surface area contributed by atoms with Gasteiger partial charge in [0.1, 0.15) is 0 Å². The lowest BCUT2D eigenvalue weighted by molar-refractivity contribution is 1.07. The third-order valence-electron chi connectivity index (χ3n) is 8.36. The van der Waals surface area contributed by atoms with Gasteiger partial charge >= 0.3 is 0 Å². The van der Waals surface area contributed by atoms with Gasteiger partial charge < -0.3 is 0 Å². The van der Waals surface area contributed by atoms with E-state index in [1.807, 2.05) is 133 Å². The summed E-state index contributed by atoms with van der Waals surface area (Å²) in [5.41, 5.74) is 9.23. The van der Waals surface area contributed by atoms with Crippen LogP contribution in [-0.2, 0) is 0 Å². The number of hydrogen-bond donors (Lipinski definition) is 0. The Bertz CT molecular complexity index is 2400. The minimum atomic E-state index is 0.463. The Hall–Kier alpha value is -7.10. The van der Waals surface area contributed by atoms with Gasteiger partial charge in [-0.05, 0) is 35.4 Å². The summed E-state index contributed by atoms with van der Waals surface area (Å²) in [5.74, 6) is 2.15. The molecule has 0 aliphatic rings. The second kappa shape index (κ2) is 13.6. The Balaban J connectivity index is 1.28. The van der Waals surface area contributed by atoms with Crippen molar-refractivity contribution >= 4 is 0 Å². The lowest BCUT2D eigenvalue weighted by atomic mass is 10.00. The Labute approximate surface area is 290 Å². The highest BCUT2D eigenvalue weighted by Gasteiger charge is 2.16. The van der Waals surface area contributed by atoms with Crippen molar-refractivity contribution in [2.45, 2.75) is 0 Å². The topological polar surface area (TPSA) is 88.2 Å². The van der Waals surface area contributed by atoms with E-state index in [9.17, 15) is 5.26 Å². The summed E-state index contributed by atoms with van der Waals surface area (Å²) in [4.78, 5) is 24.7. The molecule has 0 saturated carbocycles. The number of hydrogen-bond acceptors (Lipinski definition) is 6. The van der Waals surface area contributed by atoms with Gasteiger partial charge in [-0.1, -0.05) is 146 Å². The zero-order valence-corrected chi connectivity index (χ0v) is 26.8. The molecule has 0 bridgehead atoms. The van der Waals surface area contributed by atoms with Crippen LogP contribution in [0.3, 0.4) is 0 Å². The van der Waals surface area contributed by atoms with Crippen molar-refractivity contribution in [3.63, 3.8) is 0 Å². The Morgan fingerprint density at radius 1 is 0.300 bits per heavy atom. The zero-order chi connectivity index (χ0) is 33.7. The van der Waals surface area contributed by atoms with Gasteiger partial charge in [0.05, 0.1) is 23.0 Å². The molecule has 0 atom stereocenters. The second-order valence-electron chi connectivity index (χ2n) is 11.7. The van der Waals surface area contributed by atoms with Crippen LogP contribution in [0.1, 0.15) is 5.56 Å². The fourth-order valence-corrected chi connectivity index (χ4v) is 5.83. The first kappa shape index (κ1) is 30.2. The van der Waals surface area contributed by atoms with Gasteiger partial charge in [-0.3, -0.25) is 0 Å². The molecule has 0 fully saturated rings. The fraction of sp³-hybridized carbons (Fsp3) is 0. The van der Waals surface area contributed by atoms with Crippen molar-refractivity contribution in [3.8, 4) is 85.3 Å². The molecule has 50 heavy (non-hydrogen) atoms. The van der Waals surface area contributed by atoms with Crippen molar-refractivity contribution < 1.29 is 0 Å². The van der Waals surface area contributed by atoms with Crippen LogP contribution in [-0.4, -0.2) is 24.9 Å². The van der Waals surface area contributed by atoms with E-state index < -0.39 is 0 Å². The molecule has 6 nitrogen and oxygen atoms in total. The van der Waals surface area contributed by atoms with E-state index in [1.165, 1.54) is 0 Å². The maximum absolute atomic E-state index is 10.2. The third kappa shape index (κ3) is 6.40. The molecule has 234 valence electrons. The van der Waals surface area contributed by atoms with Gasteiger partial charge in [0.25, 0.3) is 0 Å². The first-order valence-corrected chi connectivity index (χ1v) is 16.2. The predicted octanol–water partition coefficient (Wildman–Crippen LogP) is 10.2. The van der Waals surface area contributed by atoms with E-state index in [-0.39, 0.29) is 0 Å². The molecular weight excluding hydrogens is 613 g/mol. The highest BCUT2D eigenvalue weighted by Crippen LogP contribution is 2.33. The molecule has 0 spiro atoms. The summed E-state index contributed by atoms with van der Waals surface area (Å²) < 4.78 is 0. The number of benzene rings is 6. The predicted molar refractivity (Wildman–Crippen MR) is 198 cm³/mol. The number of nitriles is 1. The molecule has 0 N–H and O–H groups in total. The van der Waals surface area contributed by atoms with Gasteiger partial charge in [-0.15, -0.1) is 0 Å². The summed E-state index contributed by atoms with van der Waals surface area (Å²) in [5, 5.41) is 10.2. The van der Waals surface area contributed by atoms with E-state index in [0.717, 1.165) is 44.6 Å². The van der Waals surface area contributed by atoms with Crippen molar-refractivity contribution in [2.24, 2.45) is 0 Å². The lowest BCUT2D eigenvalue weighted by Crippen LogP contribution is -2.01. The molecule has 2 aromatic heterocycles. The van der Waals surface area contributed by atoms with E-state index in [1.54, 1.807) is 0 Å². The monoisotopic (exact) mass is 640 g/mol. The molecule has 8 rings (SSSR count). The number of rotatable bonds is 7. The van der Waals surface area contributed by atoms with Crippen LogP contribution in [0.15, 0.2) is 170 Å². The largest absolute Gasteiger partial charge is 0.228 e. The molecule has 0 radical (unpaired) electrons. The molecular formula is C44H28N6. The summed E-state index contributed by atoms with van der Waals surface area (Å²) in [6, 6.07) is 58.2. The van der Waals surface area contributed by atoms with Crippen molar-refractivity contribution in [1.29, 1.82) is 5.26 Å². The lowest BCUT2D eigenvalue weighted by Gasteiger charge is -2.12. The van der Waals surface area contributed by atoms with Gasteiger partial charge in [0.15, 0.2) is 23.3 Å². The molecule has 0 unspecified atom stereocenters. The SMILES string of the molecule is N#Cc1cc(-c2cc(-c3ccc(-c4ccccc4)cc3)nc(-c3ccccc3)n2)cc(-c2nc(-c3ccccc3)nc(-c3ccccc3)n2)c1.